The van der Waals surface area contributed by atoms with Crippen LogP contribution in [0.15, 0.2) is 66.5 Å². The number of thiazole rings is 1. The zero-order valence-corrected chi connectivity index (χ0v) is 20.3. The van der Waals surface area contributed by atoms with Crippen molar-refractivity contribution in [3.63, 3.8) is 0 Å². The molecule has 4 aromatic rings. The highest BCUT2D eigenvalue weighted by Crippen LogP contribution is 2.45. The van der Waals surface area contributed by atoms with Crippen molar-refractivity contribution in [3.05, 3.63) is 87.7 Å². The Kier molecular flexibility index (Phi) is 6.01. The first-order valence-electron chi connectivity index (χ1n) is 10.8. The van der Waals surface area contributed by atoms with Gasteiger partial charge in [0, 0.05) is 24.5 Å². The van der Waals surface area contributed by atoms with E-state index in [4.69, 9.17) is 9.47 Å². The smallest absolute Gasteiger partial charge is 0.301 e. The van der Waals surface area contributed by atoms with Crippen LogP contribution in [0.5, 0.6) is 11.5 Å². The number of aromatic nitrogens is 2. The molecular weight excluding hydrogens is 500 g/mol. The number of anilines is 1. The number of aliphatic hydroxyl groups excluding tert-OH is 1. The Bertz CT molecular complexity index is 1600. The number of benzene rings is 2. The van der Waals surface area contributed by atoms with Crippen LogP contribution in [0, 0.1) is 10.1 Å². The third-order valence-electron chi connectivity index (χ3n) is 5.88. The van der Waals surface area contributed by atoms with E-state index in [2.05, 4.69) is 9.97 Å². The predicted octanol–water partition coefficient (Wildman–Crippen LogP) is 4.24. The molecule has 1 saturated heterocycles. The first-order chi connectivity index (χ1) is 17.8. The summed E-state index contributed by atoms with van der Waals surface area (Å²) in [6.45, 7) is 0. The second kappa shape index (κ2) is 9.32. The van der Waals surface area contributed by atoms with Gasteiger partial charge in [-0.2, -0.15) is 0 Å². The maximum Gasteiger partial charge on any atom is 0.301 e. The Labute approximate surface area is 213 Å². The van der Waals surface area contributed by atoms with Crippen LogP contribution in [0.25, 0.3) is 16.0 Å². The number of nitro groups is 1. The molecule has 2 aromatic heterocycles. The lowest BCUT2D eigenvalue weighted by Crippen LogP contribution is -2.29. The van der Waals surface area contributed by atoms with E-state index in [1.54, 1.807) is 24.3 Å². The van der Waals surface area contributed by atoms with E-state index >= 15 is 0 Å². The van der Waals surface area contributed by atoms with E-state index in [-0.39, 0.29) is 27.7 Å². The van der Waals surface area contributed by atoms with Crippen molar-refractivity contribution in [3.8, 4) is 11.5 Å². The van der Waals surface area contributed by atoms with Crippen LogP contribution in [0.4, 0.5) is 10.8 Å². The summed E-state index contributed by atoms with van der Waals surface area (Å²) >= 11 is 1.02. The lowest BCUT2D eigenvalue weighted by atomic mass is 9.96. The number of Topliss-reactive ketones (excluding diaryl/α,β-unsaturated/α-hetero) is 1. The number of non-ortho nitro benzene ring substituents is 1. The molecule has 186 valence electrons. The number of nitrogens with zero attached hydrogens (tertiary/aromatic N) is 4. The molecule has 12 heteroatoms. The van der Waals surface area contributed by atoms with E-state index in [9.17, 15) is 24.8 Å². The SMILES string of the molecule is COc1ccc(OC)c(/C(O)=C2\C(=O)C(=O)N(c3nc4ccc([N+](=O)[O-])cc4s3)C2c2cccnc2)c1. The quantitative estimate of drug-likeness (QED) is 0.130. The van der Waals surface area contributed by atoms with Gasteiger partial charge in [0.1, 0.15) is 17.3 Å². The molecule has 0 aliphatic carbocycles. The van der Waals surface area contributed by atoms with Crippen molar-refractivity contribution in [2.24, 2.45) is 0 Å². The first-order valence-corrected chi connectivity index (χ1v) is 11.6. The summed E-state index contributed by atoms with van der Waals surface area (Å²) < 4.78 is 11.1. The molecule has 3 heterocycles. The van der Waals surface area contributed by atoms with Crippen molar-refractivity contribution >= 4 is 49.8 Å². The third-order valence-corrected chi connectivity index (χ3v) is 6.90. The topological polar surface area (TPSA) is 145 Å². The van der Waals surface area contributed by atoms with Crippen LogP contribution in [-0.4, -0.2) is 45.9 Å². The average molecular weight is 519 g/mol. The minimum Gasteiger partial charge on any atom is -0.507 e. The fraction of sp³-hybridized carbons (Fsp3) is 0.120. The van der Waals surface area contributed by atoms with Gasteiger partial charge in [0.2, 0.25) is 0 Å². The first kappa shape index (κ1) is 23.9. The van der Waals surface area contributed by atoms with Gasteiger partial charge >= 0.3 is 5.91 Å². The number of carbonyl (C=O) groups is 2. The highest BCUT2D eigenvalue weighted by Gasteiger charge is 2.48. The van der Waals surface area contributed by atoms with Crippen molar-refractivity contribution in [1.82, 2.24) is 9.97 Å². The van der Waals surface area contributed by atoms with Crippen LogP contribution in [-0.2, 0) is 9.59 Å². The van der Waals surface area contributed by atoms with E-state index in [0.29, 0.717) is 21.5 Å². The molecule has 0 bridgehead atoms. The number of methoxy groups -OCH3 is 2. The number of pyridine rings is 1. The van der Waals surface area contributed by atoms with Crippen LogP contribution >= 0.6 is 11.3 Å². The molecule has 1 amide bonds. The van der Waals surface area contributed by atoms with Gasteiger partial charge in [-0.05, 0) is 35.9 Å². The fourth-order valence-corrected chi connectivity index (χ4v) is 5.17. The molecule has 1 fully saturated rings. The van der Waals surface area contributed by atoms with Gasteiger partial charge in [-0.3, -0.25) is 29.6 Å². The summed E-state index contributed by atoms with van der Waals surface area (Å²) in [5, 5.41) is 22.8. The summed E-state index contributed by atoms with van der Waals surface area (Å²) in [6.07, 6.45) is 3.02. The Morgan fingerprint density at radius 2 is 1.95 bits per heavy atom. The van der Waals surface area contributed by atoms with Gasteiger partial charge in [0.25, 0.3) is 11.5 Å². The van der Waals surface area contributed by atoms with Crippen molar-refractivity contribution in [1.29, 1.82) is 0 Å². The van der Waals surface area contributed by atoms with E-state index < -0.39 is 28.4 Å². The third kappa shape index (κ3) is 4.02. The molecule has 1 N–H and O–H groups in total. The minimum atomic E-state index is -1.07. The van der Waals surface area contributed by atoms with Crippen LogP contribution in [0.1, 0.15) is 17.2 Å². The largest absolute Gasteiger partial charge is 0.507 e. The lowest BCUT2D eigenvalue weighted by molar-refractivity contribution is -0.384. The number of ketones is 1. The van der Waals surface area contributed by atoms with Gasteiger partial charge < -0.3 is 14.6 Å². The summed E-state index contributed by atoms with van der Waals surface area (Å²) in [5.74, 6) is -1.63. The number of rotatable bonds is 6. The molecular formula is C25H18N4O7S. The van der Waals surface area contributed by atoms with Gasteiger partial charge in [-0.1, -0.05) is 17.4 Å². The normalized spacial score (nSPS) is 16.8. The maximum absolute atomic E-state index is 13.4. The van der Waals surface area contributed by atoms with Crippen LogP contribution in [0.3, 0.4) is 0 Å². The molecule has 0 radical (unpaired) electrons. The Morgan fingerprint density at radius 1 is 1.14 bits per heavy atom. The summed E-state index contributed by atoms with van der Waals surface area (Å²) in [7, 11) is 2.87. The highest BCUT2D eigenvalue weighted by molar-refractivity contribution is 7.22. The van der Waals surface area contributed by atoms with Crippen molar-refractivity contribution in [2.75, 3.05) is 19.1 Å². The Morgan fingerprint density at radius 3 is 2.62 bits per heavy atom. The monoisotopic (exact) mass is 518 g/mol. The fourth-order valence-electron chi connectivity index (χ4n) is 4.14. The second-order valence-electron chi connectivity index (χ2n) is 7.93. The van der Waals surface area contributed by atoms with Crippen molar-refractivity contribution in [2.45, 2.75) is 6.04 Å². The number of nitro benzene ring substituents is 1. The van der Waals surface area contributed by atoms with Gasteiger partial charge in [-0.15, -0.1) is 0 Å². The van der Waals surface area contributed by atoms with E-state index in [1.165, 1.54) is 55.8 Å². The van der Waals surface area contributed by atoms with Gasteiger partial charge in [0.05, 0.1) is 46.5 Å². The minimum absolute atomic E-state index is 0.126. The number of carbonyl (C=O) groups excluding carboxylic acids is 2. The van der Waals surface area contributed by atoms with E-state index in [0.717, 1.165) is 11.3 Å². The zero-order chi connectivity index (χ0) is 26.3. The summed E-state index contributed by atoms with van der Waals surface area (Å²) in [5.41, 5.74) is 0.726. The molecule has 5 rings (SSSR count). The molecule has 11 nitrogen and oxygen atoms in total. The average Bonchev–Trinajstić information content (AvgIpc) is 3.45. The molecule has 1 aliphatic rings. The molecule has 0 saturated carbocycles. The lowest BCUT2D eigenvalue weighted by Gasteiger charge is -2.22. The van der Waals surface area contributed by atoms with Crippen molar-refractivity contribution < 1.29 is 29.1 Å². The summed E-state index contributed by atoms with van der Waals surface area (Å²) in [4.78, 5) is 47.2. The number of fused-ring (bicyclic) bond motifs is 1. The Balaban J connectivity index is 1.73. The second-order valence-corrected chi connectivity index (χ2v) is 8.94. The Hall–Kier alpha value is -4.84. The number of amides is 1. The van der Waals surface area contributed by atoms with Crippen LogP contribution in [0.2, 0.25) is 0 Å². The molecule has 1 aliphatic heterocycles. The molecule has 2 aromatic carbocycles. The highest BCUT2D eigenvalue weighted by atomic mass is 32.1. The van der Waals surface area contributed by atoms with Gasteiger partial charge in [-0.25, -0.2) is 4.98 Å². The molecule has 1 atom stereocenters. The molecule has 1 unspecified atom stereocenters. The summed E-state index contributed by atoms with van der Waals surface area (Å²) in [6, 6.07) is 11.1. The standard InChI is InChI=1S/C25H18N4O7S/c1-35-15-6-8-18(36-2)16(11-15)22(30)20-21(13-4-3-9-26-12-13)28(24(32)23(20)31)25-27-17-7-5-14(29(33)34)10-19(17)37-25/h3-12,21,30H,1-2H3/b22-20+. The molecule has 0 spiro atoms. The number of hydrogen-bond donors (Lipinski definition) is 1. The predicted molar refractivity (Wildman–Crippen MR) is 135 cm³/mol. The van der Waals surface area contributed by atoms with E-state index in [1.807, 2.05) is 0 Å². The van der Waals surface area contributed by atoms with Crippen LogP contribution < -0.4 is 14.4 Å². The molecule has 37 heavy (non-hydrogen) atoms. The zero-order valence-electron chi connectivity index (χ0n) is 19.4. The number of ether oxygens (including phenoxy) is 2. The van der Waals surface area contributed by atoms with Gasteiger partial charge in [0.15, 0.2) is 5.13 Å². The number of hydrogen-bond acceptors (Lipinski definition) is 10. The number of aliphatic hydroxyl groups is 1. The maximum atomic E-state index is 13.4.